The predicted molar refractivity (Wildman–Crippen MR) is 75.9 cm³/mol. The third-order valence-corrected chi connectivity index (χ3v) is 3.39. The van der Waals surface area contributed by atoms with E-state index in [1.165, 1.54) is 24.0 Å². The van der Waals surface area contributed by atoms with Crippen molar-refractivity contribution in [3.05, 3.63) is 44.7 Å². The molecular weight excluding hydrogens is 288 g/mol. The topological polar surface area (TPSA) is 69.0 Å². The van der Waals surface area contributed by atoms with Crippen molar-refractivity contribution >= 4 is 38.3 Å². The minimum absolute atomic E-state index is 0.303. The molecule has 0 aliphatic rings. The second-order valence-electron chi connectivity index (χ2n) is 4.16. The van der Waals surface area contributed by atoms with Crippen LogP contribution in [0.2, 0.25) is 5.02 Å². The molecule has 0 fully saturated rings. The maximum Gasteiger partial charge on any atom is 0.274 e. The molecule has 0 atom stereocenters. The Hall–Kier alpha value is -1.66. The van der Waals surface area contributed by atoms with E-state index in [-0.39, 0.29) is 5.56 Å². The number of halogens is 1. The molecule has 100 valence electrons. The summed E-state index contributed by atoms with van der Waals surface area (Å²) >= 11 is 5.95. The van der Waals surface area contributed by atoms with Gasteiger partial charge in [0.1, 0.15) is 0 Å². The summed E-state index contributed by atoms with van der Waals surface area (Å²) < 4.78 is 23.5. The molecule has 0 radical (unpaired) electrons. The minimum atomic E-state index is -3.27. The molecule has 0 saturated heterocycles. The van der Waals surface area contributed by atoms with E-state index in [0.29, 0.717) is 21.4 Å². The smallest absolute Gasteiger partial charge is 0.267 e. The Morgan fingerprint density at radius 2 is 2.05 bits per heavy atom. The minimum Gasteiger partial charge on any atom is -0.267 e. The number of benzene rings is 1. The van der Waals surface area contributed by atoms with Gasteiger partial charge in [0.15, 0.2) is 9.84 Å². The molecule has 0 N–H and O–H groups in total. The lowest BCUT2D eigenvalue weighted by Gasteiger charge is -2.04. The van der Waals surface area contributed by atoms with E-state index in [2.05, 4.69) is 5.10 Å². The second-order valence-corrected chi connectivity index (χ2v) is 6.53. The molecule has 1 heterocycles. The third kappa shape index (κ3) is 3.02. The van der Waals surface area contributed by atoms with E-state index in [4.69, 9.17) is 11.6 Å². The Balaban J connectivity index is 2.83. The quantitative estimate of drug-likeness (QED) is 0.844. The zero-order chi connectivity index (χ0) is 14.2. The molecule has 0 unspecified atom stereocenters. The summed E-state index contributed by atoms with van der Waals surface area (Å²) in [6.45, 7) is 0. The number of hydrogen-bond acceptors (Lipinski definition) is 4. The van der Waals surface area contributed by atoms with Crippen LogP contribution < -0.4 is 5.56 Å². The maximum absolute atomic E-state index is 12.1. The van der Waals surface area contributed by atoms with Gasteiger partial charge in [-0.2, -0.15) is 5.10 Å². The van der Waals surface area contributed by atoms with Crippen LogP contribution in [0.4, 0.5) is 0 Å². The lowest BCUT2D eigenvalue weighted by atomic mass is 10.1. The van der Waals surface area contributed by atoms with Crippen LogP contribution in [0.25, 0.3) is 16.8 Å². The van der Waals surface area contributed by atoms with Crippen molar-refractivity contribution in [3.63, 3.8) is 0 Å². The molecule has 2 rings (SSSR count). The van der Waals surface area contributed by atoms with Gasteiger partial charge in [0, 0.05) is 29.1 Å². The Labute approximate surface area is 115 Å². The van der Waals surface area contributed by atoms with Crippen LogP contribution in [-0.2, 0) is 16.9 Å². The van der Waals surface area contributed by atoms with Crippen LogP contribution >= 0.6 is 11.6 Å². The fourth-order valence-electron chi connectivity index (χ4n) is 1.69. The highest BCUT2D eigenvalue weighted by molar-refractivity contribution is 7.93. The first kappa shape index (κ1) is 13.8. The Morgan fingerprint density at radius 3 is 2.68 bits per heavy atom. The van der Waals surface area contributed by atoms with Crippen LogP contribution in [0.1, 0.15) is 5.56 Å². The fourth-order valence-corrected chi connectivity index (χ4v) is 2.32. The molecule has 19 heavy (non-hydrogen) atoms. The molecule has 0 bridgehead atoms. The van der Waals surface area contributed by atoms with Crippen molar-refractivity contribution < 1.29 is 8.42 Å². The van der Waals surface area contributed by atoms with Crippen LogP contribution in [0.3, 0.4) is 0 Å². The van der Waals surface area contributed by atoms with E-state index in [1.54, 1.807) is 12.1 Å². The van der Waals surface area contributed by atoms with Gasteiger partial charge < -0.3 is 0 Å². The number of nitrogens with zero attached hydrogens (tertiary/aromatic N) is 2. The first-order chi connectivity index (χ1) is 8.78. The van der Waals surface area contributed by atoms with Crippen molar-refractivity contribution in [2.24, 2.45) is 7.05 Å². The van der Waals surface area contributed by atoms with Gasteiger partial charge in [0.2, 0.25) is 0 Å². The first-order valence-corrected chi connectivity index (χ1v) is 7.65. The summed E-state index contributed by atoms with van der Waals surface area (Å²) in [6, 6.07) is 3.16. The predicted octanol–water partition coefficient (Wildman–Crippen LogP) is 1.60. The standard InChI is InChI=1S/C12H11ClN2O3S/c1-15-12(16)11-8(3-4-19(2,17)18)5-10(13)6-9(11)7-14-15/h3-7H,1-2H3/b4-3+. The largest absolute Gasteiger partial charge is 0.274 e. The first-order valence-electron chi connectivity index (χ1n) is 5.31. The van der Waals surface area contributed by atoms with Gasteiger partial charge in [0.25, 0.3) is 5.56 Å². The molecule has 5 nitrogen and oxygen atoms in total. The highest BCUT2D eigenvalue weighted by atomic mass is 35.5. The summed E-state index contributed by atoms with van der Waals surface area (Å²) in [5, 5.41) is 6.32. The summed E-state index contributed by atoms with van der Waals surface area (Å²) in [6.07, 6.45) is 3.96. The highest BCUT2D eigenvalue weighted by Gasteiger charge is 2.08. The lowest BCUT2D eigenvalue weighted by Crippen LogP contribution is -2.19. The molecular formula is C12H11ClN2O3S. The van der Waals surface area contributed by atoms with Gasteiger partial charge in [-0.15, -0.1) is 0 Å². The number of aromatic nitrogens is 2. The van der Waals surface area contributed by atoms with Gasteiger partial charge in [-0.05, 0) is 23.8 Å². The van der Waals surface area contributed by atoms with Crippen LogP contribution in [0.15, 0.2) is 28.5 Å². The van der Waals surface area contributed by atoms with Gasteiger partial charge in [0.05, 0.1) is 11.6 Å². The van der Waals surface area contributed by atoms with E-state index in [9.17, 15) is 13.2 Å². The number of sulfone groups is 1. The molecule has 2 aromatic rings. The Bertz CT molecular complexity index is 838. The molecule has 7 heteroatoms. The normalized spacial score (nSPS) is 12.4. The highest BCUT2D eigenvalue weighted by Crippen LogP contribution is 2.22. The van der Waals surface area contributed by atoms with Crippen molar-refractivity contribution in [2.75, 3.05) is 6.26 Å². The number of aryl methyl sites for hydroxylation is 1. The second kappa shape index (κ2) is 4.79. The Morgan fingerprint density at radius 1 is 1.37 bits per heavy atom. The Kier molecular flexibility index (Phi) is 3.47. The number of fused-ring (bicyclic) bond motifs is 1. The third-order valence-electron chi connectivity index (χ3n) is 2.54. The van der Waals surface area contributed by atoms with E-state index in [1.807, 2.05) is 0 Å². The molecule has 1 aromatic heterocycles. The van der Waals surface area contributed by atoms with E-state index in [0.717, 1.165) is 11.7 Å². The van der Waals surface area contributed by atoms with E-state index >= 15 is 0 Å². The fraction of sp³-hybridized carbons (Fsp3) is 0.167. The lowest BCUT2D eigenvalue weighted by molar-refractivity contribution is 0.610. The van der Waals surface area contributed by atoms with Crippen molar-refractivity contribution in [3.8, 4) is 0 Å². The van der Waals surface area contributed by atoms with Gasteiger partial charge >= 0.3 is 0 Å². The van der Waals surface area contributed by atoms with Gasteiger partial charge in [-0.1, -0.05) is 11.6 Å². The maximum atomic E-state index is 12.1. The summed E-state index contributed by atoms with van der Waals surface area (Å²) in [5.41, 5.74) is 0.151. The summed E-state index contributed by atoms with van der Waals surface area (Å²) in [5.74, 6) is 0. The van der Waals surface area contributed by atoms with Crippen molar-refractivity contribution in [1.82, 2.24) is 9.78 Å². The van der Waals surface area contributed by atoms with Gasteiger partial charge in [-0.3, -0.25) is 4.79 Å². The SMILES string of the molecule is Cn1ncc2cc(Cl)cc(/C=C/S(C)(=O)=O)c2c1=O. The average Bonchev–Trinajstić information content (AvgIpc) is 2.30. The van der Waals surface area contributed by atoms with Crippen LogP contribution in [-0.4, -0.2) is 24.5 Å². The van der Waals surface area contributed by atoms with Crippen molar-refractivity contribution in [2.45, 2.75) is 0 Å². The molecule has 0 aliphatic carbocycles. The average molecular weight is 299 g/mol. The van der Waals surface area contributed by atoms with Gasteiger partial charge in [-0.25, -0.2) is 13.1 Å². The molecule has 1 aromatic carbocycles. The monoisotopic (exact) mass is 298 g/mol. The summed E-state index contributed by atoms with van der Waals surface area (Å²) in [4.78, 5) is 12.1. The number of rotatable bonds is 2. The summed E-state index contributed by atoms with van der Waals surface area (Å²) in [7, 11) is -1.75. The molecule has 0 saturated carbocycles. The zero-order valence-electron chi connectivity index (χ0n) is 10.3. The number of hydrogen-bond donors (Lipinski definition) is 0. The molecule has 0 amide bonds. The molecule has 0 aliphatic heterocycles. The molecule has 0 spiro atoms. The van der Waals surface area contributed by atoms with Crippen molar-refractivity contribution in [1.29, 1.82) is 0 Å². The van der Waals surface area contributed by atoms with E-state index < -0.39 is 9.84 Å². The van der Waals surface area contributed by atoms with Crippen LogP contribution in [0.5, 0.6) is 0 Å². The van der Waals surface area contributed by atoms with Crippen LogP contribution in [0, 0.1) is 0 Å². The zero-order valence-corrected chi connectivity index (χ0v) is 11.9.